The summed E-state index contributed by atoms with van der Waals surface area (Å²) in [6.45, 7) is 1.66. The smallest absolute Gasteiger partial charge is 0.404 e. The van der Waals surface area contributed by atoms with Gasteiger partial charge in [-0.2, -0.15) is 13.2 Å². The Labute approximate surface area is 163 Å². The average Bonchev–Trinajstić information content (AvgIpc) is 2.95. The first-order valence-corrected chi connectivity index (χ1v) is 8.95. The Morgan fingerprint density at radius 2 is 1.90 bits per heavy atom. The number of hydrogen-bond acceptors (Lipinski definition) is 4. The molecule has 0 aliphatic heterocycles. The molecular formula is C17H13F6N3O2S. The summed E-state index contributed by atoms with van der Waals surface area (Å²) in [6.07, 6.45) is -6.31. The number of rotatable bonds is 3. The van der Waals surface area contributed by atoms with Gasteiger partial charge in [-0.15, -0.1) is 13.2 Å². The highest BCUT2D eigenvalue weighted by molar-refractivity contribution is 7.67. The van der Waals surface area contributed by atoms with Gasteiger partial charge < -0.3 is 9.30 Å². The molecule has 3 rings (SSSR count). The van der Waals surface area contributed by atoms with E-state index in [-0.39, 0.29) is 39.5 Å². The molecule has 0 N–H and O–H groups in total. The molecule has 156 valence electrons. The van der Waals surface area contributed by atoms with Crippen molar-refractivity contribution in [3.63, 3.8) is 0 Å². The second kappa shape index (κ2) is 7.32. The third-order valence-corrected chi connectivity index (χ3v) is 5.03. The number of aromatic nitrogens is 3. The maximum Gasteiger partial charge on any atom is 0.573 e. The summed E-state index contributed by atoms with van der Waals surface area (Å²) in [7, 11) is 1.52. The van der Waals surface area contributed by atoms with Gasteiger partial charge in [0.1, 0.15) is 17.1 Å². The van der Waals surface area contributed by atoms with Gasteiger partial charge in [0.25, 0.3) is 0 Å². The summed E-state index contributed by atoms with van der Waals surface area (Å²) in [4.78, 5) is 7.82. The van der Waals surface area contributed by atoms with Gasteiger partial charge in [-0.3, -0.25) is 0 Å². The van der Waals surface area contributed by atoms with Crippen molar-refractivity contribution in [3.05, 3.63) is 41.6 Å². The number of pyridine rings is 1. The van der Waals surface area contributed by atoms with E-state index in [0.717, 1.165) is 12.1 Å². The molecule has 0 fully saturated rings. The van der Waals surface area contributed by atoms with E-state index in [4.69, 9.17) is 0 Å². The monoisotopic (exact) mass is 437 g/mol. The molecule has 1 aliphatic carbocycles. The van der Waals surface area contributed by atoms with Crippen LogP contribution in [0, 0.1) is 5.92 Å². The molecule has 1 atom stereocenters. The number of ether oxygens (including phenoxy) is 1. The first kappa shape index (κ1) is 21.1. The molecule has 0 amide bonds. The quantitative estimate of drug-likeness (QED) is 0.533. The molecule has 0 bridgehead atoms. The molecule has 5 nitrogen and oxygen atoms in total. The van der Waals surface area contributed by atoms with Crippen molar-refractivity contribution in [1.29, 1.82) is 0 Å². The van der Waals surface area contributed by atoms with Gasteiger partial charge in [-0.25, -0.2) is 14.2 Å². The van der Waals surface area contributed by atoms with Crippen LogP contribution in [0.1, 0.15) is 24.7 Å². The zero-order chi connectivity index (χ0) is 21.6. The first-order valence-electron chi connectivity index (χ1n) is 8.21. The Bertz CT molecular complexity index is 1080. The molecule has 0 spiro atoms. The van der Waals surface area contributed by atoms with E-state index < -0.39 is 29.8 Å². The predicted octanol–water partition coefficient (Wildman–Crippen LogP) is 4.22. The van der Waals surface area contributed by atoms with E-state index >= 15 is 0 Å². The zero-order valence-electron chi connectivity index (χ0n) is 14.9. The van der Waals surface area contributed by atoms with Crippen LogP contribution in [0.5, 0.6) is 0 Å². The van der Waals surface area contributed by atoms with E-state index in [2.05, 4.69) is 14.7 Å². The molecule has 0 saturated heterocycles. The van der Waals surface area contributed by atoms with Gasteiger partial charge in [0.2, 0.25) is 0 Å². The molecule has 0 saturated carbocycles. The van der Waals surface area contributed by atoms with E-state index in [1.807, 2.05) is 0 Å². The van der Waals surface area contributed by atoms with Crippen molar-refractivity contribution in [2.45, 2.75) is 25.9 Å². The van der Waals surface area contributed by atoms with Crippen LogP contribution >= 0.6 is 0 Å². The lowest BCUT2D eigenvalue weighted by atomic mass is 9.87. The van der Waals surface area contributed by atoms with Crippen LogP contribution in [0.2, 0.25) is 0 Å². The molecule has 2 aromatic rings. The van der Waals surface area contributed by atoms with Crippen LogP contribution in [-0.2, 0) is 29.2 Å². The second-order valence-corrected chi connectivity index (χ2v) is 6.77. The van der Waals surface area contributed by atoms with Crippen LogP contribution in [-0.4, -0.2) is 30.0 Å². The Hall–Kier alpha value is -2.63. The minimum Gasteiger partial charge on any atom is -0.404 e. The van der Waals surface area contributed by atoms with Crippen LogP contribution in [0.15, 0.2) is 30.2 Å². The van der Waals surface area contributed by atoms with E-state index in [9.17, 15) is 30.6 Å². The maximum absolute atomic E-state index is 12.9. The third kappa shape index (κ3) is 4.07. The topological polar surface area (TPSA) is 57.0 Å². The van der Waals surface area contributed by atoms with Crippen molar-refractivity contribution in [3.8, 4) is 0 Å². The van der Waals surface area contributed by atoms with E-state index in [1.54, 1.807) is 6.92 Å². The van der Waals surface area contributed by atoms with Gasteiger partial charge in [0.05, 0.1) is 21.7 Å². The first-order chi connectivity index (χ1) is 13.5. The zero-order valence-corrected chi connectivity index (χ0v) is 15.7. The summed E-state index contributed by atoms with van der Waals surface area (Å²) < 4.78 is 93.5. The van der Waals surface area contributed by atoms with E-state index in [0.29, 0.717) is 11.8 Å². The number of allylic oxidation sites excluding steroid dienone is 4. The predicted molar refractivity (Wildman–Crippen MR) is 93.6 cm³/mol. The Morgan fingerprint density at radius 3 is 2.45 bits per heavy atom. The molecule has 2 aromatic heterocycles. The van der Waals surface area contributed by atoms with Crippen LogP contribution < -0.4 is 0 Å². The highest BCUT2D eigenvalue weighted by Gasteiger charge is 2.38. The van der Waals surface area contributed by atoms with Crippen LogP contribution in [0.25, 0.3) is 16.7 Å². The molecule has 0 aromatic carbocycles. The lowest BCUT2D eigenvalue weighted by molar-refractivity contribution is -0.302. The number of nitrogens with zero attached hydrogens (tertiary/aromatic N) is 3. The molecular weight excluding hydrogens is 424 g/mol. The molecule has 2 heterocycles. The Morgan fingerprint density at radius 1 is 1.21 bits per heavy atom. The van der Waals surface area contributed by atoms with Crippen LogP contribution in [0.3, 0.4) is 0 Å². The van der Waals surface area contributed by atoms with Gasteiger partial charge >= 0.3 is 12.5 Å². The molecule has 1 unspecified atom stereocenters. The number of halogens is 6. The Balaban J connectivity index is 2.14. The number of hydrogen-bond donors (Lipinski definition) is 0. The number of aryl methyl sites for hydroxylation is 1. The molecule has 12 heteroatoms. The largest absolute Gasteiger partial charge is 0.573 e. The van der Waals surface area contributed by atoms with Gasteiger partial charge in [-0.05, 0) is 18.6 Å². The lowest BCUT2D eigenvalue weighted by Gasteiger charge is -2.25. The fourth-order valence-electron chi connectivity index (χ4n) is 3.11. The molecule has 0 radical (unpaired) electrons. The van der Waals surface area contributed by atoms with Gasteiger partial charge in [0, 0.05) is 24.7 Å². The van der Waals surface area contributed by atoms with Crippen molar-refractivity contribution in [2.75, 3.05) is 0 Å². The Kier molecular flexibility index (Phi) is 5.32. The summed E-state index contributed by atoms with van der Waals surface area (Å²) in [5.74, 6) is -1.17. The standard InChI is InChI=1S/C17H13F6N3O2S/c1-3-9-10(4-5-12(13(9)29-27)28-17(21,22)23)14-25-11-6-8(16(18,19)20)7-24-15(11)26(14)2/h4-7,9H,3H2,1-2H3. The molecule has 29 heavy (non-hydrogen) atoms. The second-order valence-electron chi connectivity index (χ2n) is 6.17. The maximum atomic E-state index is 12.9. The average molecular weight is 437 g/mol. The summed E-state index contributed by atoms with van der Waals surface area (Å²) >= 11 is -0.125. The summed E-state index contributed by atoms with van der Waals surface area (Å²) in [5, 5.41) is 0. The minimum atomic E-state index is -4.97. The molecule has 1 aliphatic rings. The third-order valence-electron chi connectivity index (χ3n) is 4.37. The van der Waals surface area contributed by atoms with Crippen molar-refractivity contribution < 1.29 is 35.3 Å². The highest BCUT2D eigenvalue weighted by atomic mass is 32.1. The number of fused-ring (bicyclic) bond motifs is 1. The fraction of sp³-hybridized carbons (Fsp3) is 0.353. The lowest BCUT2D eigenvalue weighted by Crippen LogP contribution is -2.27. The van der Waals surface area contributed by atoms with E-state index in [1.165, 1.54) is 17.7 Å². The van der Waals surface area contributed by atoms with Crippen LogP contribution in [0.4, 0.5) is 26.3 Å². The number of alkyl halides is 6. The van der Waals surface area contributed by atoms with Crippen molar-refractivity contribution in [2.24, 2.45) is 13.0 Å². The minimum absolute atomic E-state index is 0.0225. The fourth-order valence-corrected chi connectivity index (χ4v) is 3.71. The van der Waals surface area contributed by atoms with Crippen molar-refractivity contribution >= 4 is 32.9 Å². The SMILES string of the molecule is CCC1C(c2nc3cc(C(F)(F)F)cnc3n2C)=CC=C(OC(F)(F)F)C1=S=O. The summed E-state index contributed by atoms with van der Waals surface area (Å²) in [5.41, 5.74) is -0.441. The van der Waals surface area contributed by atoms with Gasteiger partial charge in [0.15, 0.2) is 5.65 Å². The van der Waals surface area contributed by atoms with Crippen molar-refractivity contribution in [1.82, 2.24) is 14.5 Å². The summed E-state index contributed by atoms with van der Waals surface area (Å²) in [6, 6.07) is 0.844. The highest BCUT2D eigenvalue weighted by Crippen LogP contribution is 2.36. The van der Waals surface area contributed by atoms with Gasteiger partial charge in [-0.1, -0.05) is 13.0 Å². The normalized spacial score (nSPS) is 17.9. The number of imidazole rings is 1.